The van der Waals surface area contributed by atoms with Gasteiger partial charge in [0.05, 0.1) is 39.4 Å². The summed E-state index contributed by atoms with van der Waals surface area (Å²) < 4.78 is 66.4. The summed E-state index contributed by atoms with van der Waals surface area (Å²) in [6.45, 7) is 1.81. The highest BCUT2D eigenvalue weighted by molar-refractivity contribution is 7.90. The Kier molecular flexibility index (Phi) is 8.09. The highest BCUT2D eigenvalue weighted by Crippen LogP contribution is 2.43. The molecule has 14 heteroatoms. The van der Waals surface area contributed by atoms with Crippen molar-refractivity contribution in [3.63, 3.8) is 0 Å². The normalized spacial score (nSPS) is 19.8. The van der Waals surface area contributed by atoms with Crippen LogP contribution in [0.25, 0.3) is 0 Å². The fourth-order valence-corrected chi connectivity index (χ4v) is 6.15. The molecule has 0 aromatic heterocycles. The first kappa shape index (κ1) is 30.6. The zero-order chi connectivity index (χ0) is 31.1. The summed E-state index contributed by atoms with van der Waals surface area (Å²) in [4.78, 5) is 32.8. The molecule has 4 rings (SSSR count). The molecule has 1 saturated heterocycles. The third-order valence-electron chi connectivity index (χ3n) is 7.41. The van der Waals surface area contributed by atoms with Gasteiger partial charge in [0.2, 0.25) is 0 Å². The Hall–Kier alpha value is -4.40. The predicted molar refractivity (Wildman–Crippen MR) is 146 cm³/mol. The summed E-state index contributed by atoms with van der Waals surface area (Å²) in [6.07, 6.45) is -3.26. The number of hydrogen-bond donors (Lipinski definition) is 0. The molecule has 0 N–H and O–H groups in total. The van der Waals surface area contributed by atoms with E-state index in [0.717, 1.165) is 40.3 Å². The molecule has 0 spiro atoms. The summed E-state index contributed by atoms with van der Waals surface area (Å²) in [6, 6.07) is 7.93. The van der Waals surface area contributed by atoms with Crippen molar-refractivity contribution < 1.29 is 31.2 Å². The van der Waals surface area contributed by atoms with Crippen LogP contribution >= 0.6 is 0 Å². The van der Waals surface area contributed by atoms with Crippen molar-refractivity contribution in [2.45, 2.75) is 36.5 Å². The van der Waals surface area contributed by atoms with E-state index < -0.39 is 39.7 Å². The first-order chi connectivity index (χ1) is 19.6. The highest BCUT2D eigenvalue weighted by atomic mass is 32.2. The standard InChI is InChI=1S/C28H27F3N6O4S/c1-17-23(15-33)25(22-9-8-18(14-32)12-24(22)42(4,40)41)37(26(38)35-11-10-21(16-35)34(2)3)27(39)36(17)20-7-5-6-19(13-20)28(29,30)31/h5-9,12-13,21,25H,10-11,16H2,1-4H3/t21-,25-/m1/s1. The number of carbonyl (C=O) groups excluding carboxylic acids is 2. The summed E-state index contributed by atoms with van der Waals surface area (Å²) in [5.74, 6) is 0. The van der Waals surface area contributed by atoms with Crippen LogP contribution in [0.15, 0.2) is 58.6 Å². The van der Waals surface area contributed by atoms with Crippen LogP contribution in [0.3, 0.4) is 0 Å². The van der Waals surface area contributed by atoms with Gasteiger partial charge in [-0.25, -0.2) is 22.9 Å². The number of urea groups is 2. The number of benzene rings is 2. The number of amides is 4. The molecule has 2 aliphatic heterocycles. The van der Waals surface area contributed by atoms with Crippen molar-refractivity contribution in [1.29, 1.82) is 10.5 Å². The first-order valence-corrected chi connectivity index (χ1v) is 14.6. The second-order valence-corrected chi connectivity index (χ2v) is 12.3. The topological polar surface area (TPSA) is 129 Å². The SMILES string of the molecule is CC1=C(C#N)[C@@H](c2ccc(C#N)cc2S(C)(=O)=O)N(C(=O)N2CC[C@@H](N(C)C)C2)C(=O)N1c1cccc(C(F)(F)F)c1. The van der Waals surface area contributed by atoms with Crippen molar-refractivity contribution in [3.8, 4) is 12.1 Å². The first-order valence-electron chi connectivity index (χ1n) is 12.7. The minimum absolute atomic E-state index is 0.00245. The van der Waals surface area contributed by atoms with Crippen molar-refractivity contribution in [2.24, 2.45) is 0 Å². The van der Waals surface area contributed by atoms with Gasteiger partial charge in [-0.05, 0) is 63.3 Å². The summed E-state index contributed by atoms with van der Waals surface area (Å²) in [5, 5.41) is 19.7. The lowest BCUT2D eigenvalue weighted by molar-refractivity contribution is -0.137. The average molecular weight is 601 g/mol. The van der Waals surface area contributed by atoms with Crippen LogP contribution in [0.5, 0.6) is 0 Å². The Morgan fingerprint density at radius 3 is 2.33 bits per heavy atom. The average Bonchev–Trinajstić information content (AvgIpc) is 3.42. The summed E-state index contributed by atoms with van der Waals surface area (Å²) in [7, 11) is -0.387. The number of likely N-dealkylation sites (N-methyl/N-ethyl adjacent to an activating group) is 1. The molecule has 0 radical (unpaired) electrons. The van der Waals surface area contributed by atoms with Crippen molar-refractivity contribution in [3.05, 3.63) is 70.4 Å². The number of likely N-dealkylation sites (tertiary alicyclic amines) is 1. The molecule has 220 valence electrons. The number of carbonyl (C=O) groups is 2. The van der Waals surface area contributed by atoms with Gasteiger partial charge >= 0.3 is 18.2 Å². The number of nitriles is 2. The van der Waals surface area contributed by atoms with E-state index in [0.29, 0.717) is 6.42 Å². The number of nitrogens with zero attached hydrogens (tertiary/aromatic N) is 6. The Morgan fingerprint density at radius 1 is 1.10 bits per heavy atom. The number of imide groups is 1. The van der Waals surface area contributed by atoms with Gasteiger partial charge in [-0.2, -0.15) is 23.7 Å². The molecule has 2 atom stereocenters. The van der Waals surface area contributed by atoms with Gasteiger partial charge in [0, 0.05) is 31.1 Å². The number of anilines is 1. The van der Waals surface area contributed by atoms with E-state index in [1.807, 2.05) is 31.1 Å². The Balaban J connectivity index is 1.98. The minimum Gasteiger partial charge on any atom is -0.323 e. The van der Waals surface area contributed by atoms with Gasteiger partial charge in [0.25, 0.3) is 0 Å². The molecule has 4 amide bonds. The third kappa shape index (κ3) is 5.55. The minimum atomic E-state index is -4.73. The van der Waals surface area contributed by atoms with Crippen LogP contribution in [-0.2, 0) is 16.0 Å². The van der Waals surface area contributed by atoms with Crippen LogP contribution in [0.4, 0.5) is 28.4 Å². The smallest absolute Gasteiger partial charge is 0.323 e. The van der Waals surface area contributed by atoms with Gasteiger partial charge < -0.3 is 9.80 Å². The van der Waals surface area contributed by atoms with Gasteiger partial charge in [0.1, 0.15) is 6.04 Å². The van der Waals surface area contributed by atoms with Crippen LogP contribution in [-0.4, -0.2) is 74.7 Å². The molecule has 2 aliphatic rings. The second-order valence-electron chi connectivity index (χ2n) is 10.3. The van der Waals surface area contributed by atoms with Crippen LogP contribution < -0.4 is 4.90 Å². The molecular weight excluding hydrogens is 573 g/mol. The van der Waals surface area contributed by atoms with Gasteiger partial charge in [-0.3, -0.25) is 4.90 Å². The maximum Gasteiger partial charge on any atom is 0.416 e. The molecule has 10 nitrogen and oxygen atoms in total. The molecule has 2 heterocycles. The second kappa shape index (κ2) is 11.1. The summed E-state index contributed by atoms with van der Waals surface area (Å²) >= 11 is 0. The Bertz CT molecular complexity index is 1670. The number of hydrogen-bond acceptors (Lipinski definition) is 7. The lowest BCUT2D eigenvalue weighted by atomic mass is 9.93. The van der Waals surface area contributed by atoms with Gasteiger partial charge in [-0.1, -0.05) is 12.1 Å². The number of halogens is 3. The van der Waals surface area contributed by atoms with E-state index in [4.69, 9.17) is 0 Å². The van der Waals surface area contributed by atoms with E-state index in [-0.39, 0.29) is 52.1 Å². The molecule has 2 aromatic carbocycles. The Morgan fingerprint density at radius 2 is 1.79 bits per heavy atom. The molecule has 2 aromatic rings. The Labute approximate surface area is 241 Å². The van der Waals surface area contributed by atoms with E-state index in [9.17, 15) is 41.7 Å². The largest absolute Gasteiger partial charge is 0.416 e. The highest BCUT2D eigenvalue weighted by Gasteiger charge is 2.47. The number of rotatable bonds is 4. The molecule has 1 fully saturated rings. The van der Waals surface area contributed by atoms with Gasteiger partial charge in [-0.15, -0.1) is 0 Å². The zero-order valence-corrected chi connectivity index (χ0v) is 24.0. The monoisotopic (exact) mass is 600 g/mol. The van der Waals surface area contributed by atoms with Crippen molar-refractivity contribution in [2.75, 3.05) is 38.3 Å². The fraction of sp³-hybridized carbons (Fsp3) is 0.357. The third-order valence-corrected chi connectivity index (χ3v) is 8.57. The number of alkyl halides is 3. The van der Waals surface area contributed by atoms with Crippen LogP contribution in [0, 0.1) is 22.7 Å². The molecular formula is C28H27F3N6O4S. The maximum atomic E-state index is 14.2. The van der Waals surface area contributed by atoms with E-state index in [1.54, 1.807) is 0 Å². The molecule has 42 heavy (non-hydrogen) atoms. The predicted octanol–water partition coefficient (Wildman–Crippen LogP) is 4.52. The van der Waals surface area contributed by atoms with Gasteiger partial charge in [0.15, 0.2) is 9.84 Å². The summed E-state index contributed by atoms with van der Waals surface area (Å²) in [5.41, 5.74) is -1.67. The lowest BCUT2D eigenvalue weighted by Gasteiger charge is -2.42. The quantitative estimate of drug-likeness (QED) is 0.505. The zero-order valence-electron chi connectivity index (χ0n) is 23.2. The van der Waals surface area contributed by atoms with Crippen molar-refractivity contribution >= 4 is 27.6 Å². The van der Waals surface area contributed by atoms with Crippen LogP contribution in [0.1, 0.15) is 36.1 Å². The number of sulfone groups is 1. The van der Waals surface area contributed by atoms with Crippen molar-refractivity contribution in [1.82, 2.24) is 14.7 Å². The maximum absolute atomic E-state index is 14.2. The molecule has 0 aliphatic carbocycles. The lowest BCUT2D eigenvalue weighted by Crippen LogP contribution is -2.56. The number of allylic oxidation sites excluding steroid dienone is 1. The van der Waals surface area contributed by atoms with E-state index in [2.05, 4.69) is 0 Å². The van der Waals surface area contributed by atoms with Crippen LogP contribution in [0.2, 0.25) is 0 Å². The fourth-order valence-electron chi connectivity index (χ4n) is 5.20. The van der Waals surface area contributed by atoms with E-state index >= 15 is 0 Å². The molecule has 0 bridgehead atoms. The molecule has 0 unspecified atom stereocenters. The molecule has 0 saturated carbocycles. The van der Waals surface area contributed by atoms with E-state index in [1.165, 1.54) is 30.0 Å².